The van der Waals surface area contributed by atoms with E-state index in [1.165, 1.54) is 5.56 Å². The van der Waals surface area contributed by atoms with Crippen molar-refractivity contribution in [3.8, 4) is 0 Å². The lowest BCUT2D eigenvalue weighted by molar-refractivity contribution is 0.0929. The first-order valence-corrected chi connectivity index (χ1v) is 8.15. The molecule has 24 heavy (non-hydrogen) atoms. The number of nitrogens with one attached hydrogen (secondary N) is 2. The zero-order valence-electron chi connectivity index (χ0n) is 13.5. The molecular weight excluding hydrogens is 304 g/mol. The van der Waals surface area contributed by atoms with Crippen molar-refractivity contribution in [1.29, 1.82) is 0 Å². The third-order valence-corrected chi connectivity index (χ3v) is 4.66. The van der Waals surface area contributed by atoms with Crippen LogP contribution in [-0.2, 0) is 19.4 Å². The highest BCUT2D eigenvalue weighted by Gasteiger charge is 2.24. The van der Waals surface area contributed by atoms with Crippen LogP contribution in [0.4, 0.5) is 0 Å². The Balaban J connectivity index is 1.50. The lowest BCUT2D eigenvalue weighted by atomic mass is 9.92. The van der Waals surface area contributed by atoms with E-state index >= 15 is 0 Å². The third kappa shape index (κ3) is 2.56. The number of amides is 1. The van der Waals surface area contributed by atoms with Crippen molar-refractivity contribution in [3.63, 3.8) is 0 Å². The Morgan fingerprint density at radius 3 is 3.17 bits per heavy atom. The molecule has 4 rings (SSSR count). The maximum atomic E-state index is 12.5. The monoisotopic (exact) mass is 324 g/mol. The van der Waals surface area contributed by atoms with Crippen molar-refractivity contribution in [1.82, 2.24) is 24.9 Å². The second kappa shape index (κ2) is 5.76. The zero-order valence-corrected chi connectivity index (χ0v) is 13.5. The van der Waals surface area contributed by atoms with Gasteiger partial charge in [-0.15, -0.1) is 0 Å². The van der Waals surface area contributed by atoms with Crippen molar-refractivity contribution >= 4 is 11.6 Å². The number of aromatic nitrogens is 4. The summed E-state index contributed by atoms with van der Waals surface area (Å²) in [6, 6.07) is 3.89. The minimum Gasteiger partial charge on any atom is -0.348 e. The maximum Gasteiger partial charge on any atom is 0.271 e. The average molecular weight is 324 g/mol. The van der Waals surface area contributed by atoms with E-state index in [2.05, 4.69) is 20.5 Å². The summed E-state index contributed by atoms with van der Waals surface area (Å²) < 4.78 is 1.84. The predicted octanol–water partition coefficient (Wildman–Crippen LogP) is 1.11. The number of nitrogens with two attached hydrogens (primary N) is 1. The molecule has 1 amide bonds. The van der Waals surface area contributed by atoms with Gasteiger partial charge < -0.3 is 15.5 Å². The molecule has 3 aromatic heterocycles. The second-order valence-electron chi connectivity index (χ2n) is 6.32. The van der Waals surface area contributed by atoms with Gasteiger partial charge in [0.1, 0.15) is 11.3 Å². The third-order valence-electron chi connectivity index (χ3n) is 4.66. The van der Waals surface area contributed by atoms with E-state index in [0.717, 1.165) is 41.9 Å². The predicted molar refractivity (Wildman–Crippen MR) is 89.7 cm³/mol. The molecule has 0 spiro atoms. The summed E-state index contributed by atoms with van der Waals surface area (Å²) in [6.45, 7) is 2.50. The SMILES string of the molecule is Cc1[nH]nc2c1CCC(NC(=O)c1cn3cc(CN)ccc3n1)C2. The molecule has 0 fully saturated rings. The summed E-state index contributed by atoms with van der Waals surface area (Å²) in [5, 5.41) is 10.4. The molecule has 1 aliphatic carbocycles. The number of hydrogen-bond acceptors (Lipinski definition) is 4. The molecule has 4 N–H and O–H groups in total. The Hall–Kier alpha value is -2.67. The van der Waals surface area contributed by atoms with Gasteiger partial charge in [-0.25, -0.2) is 4.98 Å². The molecule has 0 radical (unpaired) electrons. The number of aryl methyl sites for hydroxylation is 1. The maximum absolute atomic E-state index is 12.5. The molecule has 0 aliphatic heterocycles. The van der Waals surface area contributed by atoms with Gasteiger partial charge in [0, 0.05) is 37.1 Å². The fourth-order valence-electron chi connectivity index (χ4n) is 3.31. The molecule has 1 atom stereocenters. The second-order valence-corrected chi connectivity index (χ2v) is 6.32. The van der Waals surface area contributed by atoms with Gasteiger partial charge in [-0.2, -0.15) is 5.10 Å². The van der Waals surface area contributed by atoms with Crippen molar-refractivity contribution < 1.29 is 4.79 Å². The number of nitrogens with zero attached hydrogens (tertiary/aromatic N) is 3. The zero-order chi connectivity index (χ0) is 16.7. The quantitative estimate of drug-likeness (QED) is 0.672. The average Bonchev–Trinajstić information content (AvgIpc) is 3.18. The summed E-state index contributed by atoms with van der Waals surface area (Å²) in [5.41, 5.74) is 11.3. The lowest BCUT2D eigenvalue weighted by Crippen LogP contribution is -2.39. The van der Waals surface area contributed by atoms with E-state index in [1.54, 1.807) is 6.20 Å². The molecule has 7 nitrogen and oxygen atoms in total. The van der Waals surface area contributed by atoms with Crippen molar-refractivity contribution in [2.24, 2.45) is 5.73 Å². The molecule has 7 heteroatoms. The van der Waals surface area contributed by atoms with E-state index in [0.29, 0.717) is 12.2 Å². The van der Waals surface area contributed by atoms with E-state index in [-0.39, 0.29) is 11.9 Å². The van der Waals surface area contributed by atoms with E-state index in [1.807, 2.05) is 29.7 Å². The van der Waals surface area contributed by atoms with Crippen LogP contribution in [0.1, 0.15) is 39.4 Å². The number of imidazole rings is 1. The van der Waals surface area contributed by atoms with Gasteiger partial charge in [-0.05, 0) is 37.0 Å². The topological polar surface area (TPSA) is 101 Å². The molecule has 0 aromatic carbocycles. The van der Waals surface area contributed by atoms with E-state index in [4.69, 9.17) is 5.73 Å². The summed E-state index contributed by atoms with van der Waals surface area (Å²) in [4.78, 5) is 16.9. The Morgan fingerprint density at radius 2 is 2.33 bits per heavy atom. The Kier molecular flexibility index (Phi) is 3.57. The molecule has 0 bridgehead atoms. The molecular formula is C17H20N6O. The molecule has 0 saturated carbocycles. The minimum atomic E-state index is -0.145. The highest BCUT2D eigenvalue weighted by atomic mass is 16.2. The fourth-order valence-corrected chi connectivity index (χ4v) is 3.31. The summed E-state index contributed by atoms with van der Waals surface area (Å²) >= 11 is 0. The summed E-state index contributed by atoms with van der Waals surface area (Å²) in [7, 11) is 0. The number of fused-ring (bicyclic) bond motifs is 2. The van der Waals surface area contributed by atoms with Gasteiger partial charge in [0.25, 0.3) is 5.91 Å². The van der Waals surface area contributed by atoms with Gasteiger partial charge in [0.15, 0.2) is 0 Å². The molecule has 3 aromatic rings. The standard InChI is InChI=1S/C17H20N6O/c1-10-13-4-3-12(6-14(13)22-21-10)19-17(24)15-9-23-8-11(7-18)2-5-16(23)20-15/h2,5,8-9,12H,3-4,6-7,18H2,1H3,(H,19,24)(H,21,22). The first-order valence-electron chi connectivity index (χ1n) is 8.15. The number of rotatable bonds is 3. The Morgan fingerprint density at radius 1 is 1.46 bits per heavy atom. The highest BCUT2D eigenvalue weighted by Crippen LogP contribution is 2.22. The van der Waals surface area contributed by atoms with Crippen LogP contribution in [0, 0.1) is 6.92 Å². The van der Waals surface area contributed by atoms with Crippen LogP contribution < -0.4 is 11.1 Å². The number of carbonyl (C=O) groups excluding carboxylic acids is 1. The largest absolute Gasteiger partial charge is 0.348 e. The first kappa shape index (κ1) is 14.9. The van der Waals surface area contributed by atoms with Crippen molar-refractivity contribution in [2.45, 2.75) is 38.8 Å². The van der Waals surface area contributed by atoms with Crippen molar-refractivity contribution in [2.75, 3.05) is 0 Å². The molecule has 124 valence electrons. The van der Waals surface area contributed by atoms with Crippen molar-refractivity contribution in [3.05, 3.63) is 52.7 Å². The highest BCUT2D eigenvalue weighted by molar-refractivity contribution is 5.93. The van der Waals surface area contributed by atoms with Gasteiger partial charge in [0.2, 0.25) is 0 Å². The number of carbonyl (C=O) groups is 1. The van der Waals surface area contributed by atoms with E-state index < -0.39 is 0 Å². The number of aromatic amines is 1. The van der Waals surface area contributed by atoms with Crippen LogP contribution in [0.25, 0.3) is 5.65 Å². The number of pyridine rings is 1. The normalized spacial score (nSPS) is 17.0. The van der Waals surface area contributed by atoms with Crippen LogP contribution in [-0.4, -0.2) is 31.5 Å². The smallest absolute Gasteiger partial charge is 0.271 e. The van der Waals surface area contributed by atoms with Gasteiger partial charge in [-0.1, -0.05) is 6.07 Å². The van der Waals surface area contributed by atoms with E-state index in [9.17, 15) is 4.79 Å². The number of H-pyrrole nitrogens is 1. The lowest BCUT2D eigenvalue weighted by Gasteiger charge is -2.22. The van der Waals surface area contributed by atoms with Crippen LogP contribution in [0.5, 0.6) is 0 Å². The van der Waals surface area contributed by atoms with Gasteiger partial charge in [-0.3, -0.25) is 9.89 Å². The van der Waals surface area contributed by atoms with Crippen LogP contribution in [0.2, 0.25) is 0 Å². The molecule has 3 heterocycles. The molecule has 0 saturated heterocycles. The first-order chi connectivity index (χ1) is 11.6. The van der Waals surface area contributed by atoms with Crippen LogP contribution in [0.15, 0.2) is 24.5 Å². The number of hydrogen-bond donors (Lipinski definition) is 3. The molecule has 1 aliphatic rings. The Bertz CT molecular complexity index is 909. The van der Waals surface area contributed by atoms with Crippen LogP contribution in [0.3, 0.4) is 0 Å². The summed E-state index contributed by atoms with van der Waals surface area (Å²) in [6.07, 6.45) is 6.27. The molecule has 1 unspecified atom stereocenters. The van der Waals surface area contributed by atoms with Gasteiger partial charge in [0.05, 0.1) is 5.69 Å². The Labute approximate surface area is 139 Å². The minimum absolute atomic E-state index is 0.0946. The fraction of sp³-hybridized carbons (Fsp3) is 0.353. The van der Waals surface area contributed by atoms with Crippen LogP contribution >= 0.6 is 0 Å². The van der Waals surface area contributed by atoms with Gasteiger partial charge >= 0.3 is 0 Å². The summed E-state index contributed by atoms with van der Waals surface area (Å²) in [5.74, 6) is -0.145.